The number of rotatable bonds is 30. The van der Waals surface area contributed by atoms with E-state index in [0.717, 1.165) is 127 Å². The molecular weight excluding hydrogens is 1940 g/mol. The van der Waals surface area contributed by atoms with Crippen molar-refractivity contribution < 1.29 is 57.9 Å². The monoisotopic (exact) mass is 2080 g/mol. The van der Waals surface area contributed by atoms with Gasteiger partial charge in [-0.1, -0.05) is 56.4 Å². The summed E-state index contributed by atoms with van der Waals surface area (Å²) in [7, 11) is 1.00. The summed E-state index contributed by atoms with van der Waals surface area (Å²) in [6, 6.07) is 61.6. The molecule has 5 aliphatic rings. The van der Waals surface area contributed by atoms with Crippen molar-refractivity contribution >= 4 is 144 Å². The molecular formula is C110H145Cl2FN16O13S3. The van der Waals surface area contributed by atoms with Crippen molar-refractivity contribution in [2.24, 2.45) is 5.73 Å². The largest absolute Gasteiger partial charge is 0.478 e. The number of aromatic carboxylic acids is 1. The van der Waals surface area contributed by atoms with Gasteiger partial charge < -0.3 is 93.3 Å². The number of aliphatic hydroxyl groups is 1. The van der Waals surface area contributed by atoms with Crippen molar-refractivity contribution in [1.29, 1.82) is 0 Å². The number of piperidine rings is 5. The number of halogens is 3. The van der Waals surface area contributed by atoms with Gasteiger partial charge in [0.2, 0.25) is 0 Å². The van der Waals surface area contributed by atoms with Crippen LogP contribution in [0.4, 0.5) is 61.3 Å². The summed E-state index contributed by atoms with van der Waals surface area (Å²) in [6.45, 7) is 32.9. The predicted molar refractivity (Wildman–Crippen MR) is 596 cm³/mol. The Bertz CT molecular complexity index is 5600. The van der Waals surface area contributed by atoms with Crippen LogP contribution in [0.2, 0.25) is 0 Å². The van der Waals surface area contributed by atoms with Gasteiger partial charge in [-0.25, -0.2) is 18.8 Å². The number of nitro groups is 2. The Hall–Kier alpha value is -12.0. The van der Waals surface area contributed by atoms with E-state index in [1.807, 2.05) is 158 Å². The third kappa shape index (κ3) is 44.9. The van der Waals surface area contributed by atoms with Crippen molar-refractivity contribution in [2.75, 3.05) is 187 Å². The normalized spacial score (nSPS) is 14.3. The lowest BCUT2D eigenvalue weighted by molar-refractivity contribution is -0.384. The fraction of sp³-hybridized carbons (Fsp3) is 0.409. The molecule has 5 aliphatic heterocycles. The number of nitrogens with two attached hydrogens (primary N) is 3. The Labute approximate surface area is 875 Å². The molecule has 145 heavy (non-hydrogen) atoms. The SMILES string of the molecule is CC(C)(C)OC(=O)c1ccc(F)cc1.CC(C)(C)OC(=O)c1ccc(NCCN2CCCCC2)cc1.CO.ClCCl.NCCN1CCCCC1.Nc1cc(-c2cccs2)ccc1[N+](=O)[O-].Nc1ccc(-c2cccs2)cc1NC(=O)c1ccc(NCCN2CCCCC2)cc1.O=C(Nc1cc(-c2cccs2)ccc1[N+](=O)[O-])c1ccc(NCCN2CCCCC2)cc1.O=C(O)c1ccc(NCCN2CCCCC2)cc1. The van der Waals surface area contributed by atoms with Crippen LogP contribution in [0.15, 0.2) is 228 Å². The zero-order valence-corrected chi connectivity index (χ0v) is 88.5. The fourth-order valence-corrected chi connectivity index (χ4v) is 18.3. The number of amides is 2. The minimum atomic E-state index is -0.880. The number of carboxylic acid groups (broad SMARTS) is 1. The summed E-state index contributed by atoms with van der Waals surface area (Å²) < 4.78 is 23.0. The molecule has 8 aromatic carbocycles. The molecule has 0 radical (unpaired) electrons. The number of carboxylic acids is 1. The number of nitro benzene ring substituents is 2. The summed E-state index contributed by atoms with van der Waals surface area (Å²) in [5, 5.41) is 63.1. The van der Waals surface area contributed by atoms with Gasteiger partial charge in [0, 0.05) is 133 Å². The molecule has 0 aliphatic carbocycles. The summed E-state index contributed by atoms with van der Waals surface area (Å²) in [5.41, 5.74) is 26.6. The van der Waals surface area contributed by atoms with Crippen molar-refractivity contribution in [3.05, 3.63) is 282 Å². The lowest BCUT2D eigenvalue weighted by Gasteiger charge is -2.26. The van der Waals surface area contributed by atoms with Crippen LogP contribution >= 0.6 is 57.2 Å². The number of ether oxygens (including phenoxy) is 2. The number of alkyl halides is 2. The number of hydrogen-bond acceptors (Lipinski definition) is 27. The molecule has 2 amide bonds. The van der Waals surface area contributed by atoms with Crippen LogP contribution in [0.3, 0.4) is 0 Å². The number of hydrogen-bond donors (Lipinski definition) is 11. The number of anilines is 8. The Kier molecular flexibility index (Phi) is 52.9. The first-order valence-corrected chi connectivity index (χ1v) is 53.3. The molecule has 29 nitrogen and oxygen atoms in total. The standard InChI is InChI=1S/C24H26N4O3S.C24H28N4OS.C18H28N2O2.C14H20N2O2.C11H13FO2.C10H8N2O2S.C7H16N2.CH2Cl2.CH4O/c29-24(18-6-9-20(10-7-18)25-12-15-27-13-2-1-3-14-27)26-21-17-19(23-5-4-16-32-23)8-11-22(21)28(30)31;25-21-11-8-19(23-5-4-16-30-23)17-22(21)27-24(29)18-6-9-20(10-7-18)26-12-15-28-13-2-1-3-14-28;1-18(2,3)22-17(21)15-7-9-16(10-8-15)19-11-14-20-12-5-4-6-13-20;17-14(18)12-4-6-13(7-5-12)15-8-11-16-9-2-1-3-10-16;1-11(2,3)14-10(13)8-4-6-9(12)7-5-8;11-8-6-7(10-2-1-5-15-10)3-4-9(8)12(13)14;8-4-7-9-5-2-1-3-6-9;2-1-3;1-2/h4-11,16-17,25H,1-3,12-15H2,(H,26,29);4-11,16-17,26H,1-3,12-15,25H2,(H,27,29);7-10,19H,4-6,11-14H2,1-3H3;4-7,15H,1-3,8-11H2,(H,17,18);4-7H,1-3H3;1-6H,11H2;1-8H2;1H2;2H,1H3. The number of nitrogens with one attached hydrogen (secondary N) is 6. The van der Waals surface area contributed by atoms with Crippen LogP contribution in [-0.2, 0) is 9.47 Å². The van der Waals surface area contributed by atoms with E-state index in [1.165, 1.54) is 209 Å². The van der Waals surface area contributed by atoms with E-state index in [4.69, 9.17) is 60.1 Å². The number of likely N-dealkylation sites (tertiary alicyclic amines) is 5. The van der Waals surface area contributed by atoms with E-state index in [1.54, 1.807) is 92.0 Å². The first-order chi connectivity index (χ1) is 69.9. The van der Waals surface area contributed by atoms with Gasteiger partial charge in [-0.15, -0.1) is 57.2 Å². The molecule has 5 saturated heterocycles. The van der Waals surface area contributed by atoms with E-state index in [2.05, 4.69) is 62.5 Å². The van der Waals surface area contributed by atoms with E-state index in [9.17, 15) is 48.6 Å². The maximum absolute atomic E-state index is 12.8. The van der Waals surface area contributed by atoms with Gasteiger partial charge in [0.25, 0.3) is 23.2 Å². The van der Waals surface area contributed by atoms with E-state index in [-0.39, 0.29) is 51.7 Å². The topological polar surface area (TPSA) is 397 Å². The molecule has 782 valence electrons. The van der Waals surface area contributed by atoms with Gasteiger partial charge >= 0.3 is 17.9 Å². The van der Waals surface area contributed by atoms with Crippen LogP contribution in [0, 0.1) is 26.0 Å². The highest BCUT2D eigenvalue weighted by Crippen LogP contribution is 2.36. The summed E-state index contributed by atoms with van der Waals surface area (Å²) in [4.78, 5) is 96.1. The van der Waals surface area contributed by atoms with Gasteiger partial charge in [-0.2, -0.15) is 0 Å². The number of aliphatic hydroxyl groups excluding tert-OH is 1. The highest BCUT2D eigenvalue weighted by Gasteiger charge is 2.24. The maximum atomic E-state index is 12.8. The first-order valence-electron chi connectivity index (χ1n) is 49.6. The van der Waals surface area contributed by atoms with Gasteiger partial charge in [0.1, 0.15) is 28.4 Å². The maximum Gasteiger partial charge on any atom is 0.338 e. The number of carbonyl (C=O) groups is 5. The molecule has 0 atom stereocenters. The highest BCUT2D eigenvalue weighted by atomic mass is 35.5. The Morgan fingerprint density at radius 1 is 0.386 bits per heavy atom. The summed E-state index contributed by atoms with van der Waals surface area (Å²) in [5.74, 6) is -2.49. The van der Waals surface area contributed by atoms with Crippen LogP contribution in [0.1, 0.15) is 190 Å². The number of nitrogens with zero attached hydrogens (tertiary/aromatic N) is 7. The lowest BCUT2D eigenvalue weighted by Crippen LogP contribution is -2.33. The van der Waals surface area contributed by atoms with Crippen LogP contribution in [0.5, 0.6) is 0 Å². The second-order valence-corrected chi connectivity index (χ2v) is 40.5. The summed E-state index contributed by atoms with van der Waals surface area (Å²) in [6.07, 6.45) is 20.0. The van der Waals surface area contributed by atoms with Crippen molar-refractivity contribution in [3.8, 4) is 31.3 Å². The van der Waals surface area contributed by atoms with Gasteiger partial charge in [0.15, 0.2) is 0 Å². The third-order valence-electron chi connectivity index (χ3n) is 23.5. The van der Waals surface area contributed by atoms with E-state index in [0.29, 0.717) is 39.2 Å². The van der Waals surface area contributed by atoms with Gasteiger partial charge in [0.05, 0.1) is 43.3 Å². The molecule has 16 rings (SSSR count). The number of carbonyl (C=O) groups excluding carboxylic acids is 4. The lowest BCUT2D eigenvalue weighted by atomic mass is 10.1. The fourth-order valence-electron chi connectivity index (χ4n) is 16.1. The third-order valence-corrected chi connectivity index (χ3v) is 26.3. The Morgan fingerprint density at radius 2 is 0.669 bits per heavy atom. The molecule has 35 heteroatoms. The highest BCUT2D eigenvalue weighted by molar-refractivity contribution is 7.14. The molecule has 0 saturated carbocycles. The van der Waals surface area contributed by atoms with Crippen molar-refractivity contribution in [3.63, 3.8) is 0 Å². The molecule has 14 N–H and O–H groups in total. The van der Waals surface area contributed by atoms with Gasteiger partial charge in [-0.3, -0.25) is 29.8 Å². The van der Waals surface area contributed by atoms with Crippen LogP contribution in [0.25, 0.3) is 31.3 Å². The minimum absolute atomic E-state index is 0.0460. The van der Waals surface area contributed by atoms with Crippen LogP contribution < -0.4 is 49.1 Å². The first kappa shape index (κ1) is 118. The molecule has 0 spiro atoms. The van der Waals surface area contributed by atoms with E-state index < -0.39 is 33.0 Å². The molecule has 3 aromatic heterocycles. The second-order valence-electron chi connectivity index (χ2n) is 36.9. The molecule has 0 bridgehead atoms. The molecule has 0 unspecified atom stereocenters. The quantitative estimate of drug-likeness (QED) is 0.00655. The van der Waals surface area contributed by atoms with Gasteiger partial charge in [-0.05, 0) is 380 Å². The molecule has 11 aromatic rings. The number of esters is 2. The number of thiophene rings is 3. The zero-order valence-electron chi connectivity index (χ0n) is 84.5. The number of benzene rings is 8. The Balaban J connectivity index is 0.000000211. The minimum Gasteiger partial charge on any atom is -0.478 e. The summed E-state index contributed by atoms with van der Waals surface area (Å²) >= 11 is 14.3. The average Bonchev–Trinajstić information content (AvgIpc) is 1.81. The van der Waals surface area contributed by atoms with E-state index >= 15 is 0 Å². The zero-order chi connectivity index (χ0) is 105. The van der Waals surface area contributed by atoms with Crippen molar-refractivity contribution in [1.82, 2.24) is 24.5 Å². The molecule has 5 fully saturated rings. The van der Waals surface area contributed by atoms with Crippen molar-refractivity contribution in [2.45, 2.75) is 149 Å². The smallest absolute Gasteiger partial charge is 0.338 e. The number of nitrogen functional groups attached to an aromatic ring is 2. The molecule has 8 heterocycles. The Morgan fingerprint density at radius 3 is 0.966 bits per heavy atom. The predicted octanol–water partition coefficient (Wildman–Crippen LogP) is 23.6. The average molecular weight is 2090 g/mol. The second kappa shape index (κ2) is 64.8. The van der Waals surface area contributed by atoms with Crippen LogP contribution in [-0.4, -0.2) is 229 Å².